The van der Waals surface area contributed by atoms with Crippen molar-refractivity contribution in [2.75, 3.05) is 18.6 Å². The van der Waals surface area contributed by atoms with Crippen molar-refractivity contribution >= 4 is 11.4 Å². The number of aryl methyl sites for hydroxylation is 2. The molecule has 0 bridgehead atoms. The van der Waals surface area contributed by atoms with E-state index in [1.807, 2.05) is 13.8 Å². The maximum Gasteiger partial charge on any atom is 0.333 e. The normalized spacial score (nSPS) is 10.5. The average Bonchev–Trinajstić information content (AvgIpc) is 2.79. The largest absolute Gasteiger partial charge is 0.487 e. The van der Waals surface area contributed by atoms with E-state index in [1.165, 1.54) is 0 Å². The molecule has 2 rings (SSSR count). The lowest BCUT2D eigenvalue weighted by Crippen LogP contribution is -2.19. The van der Waals surface area contributed by atoms with Crippen LogP contribution in [0.2, 0.25) is 0 Å². The number of aromatic nitrogens is 1. The lowest BCUT2D eigenvalue weighted by molar-refractivity contribution is -0.385. The molecule has 1 aromatic heterocycles. The number of benzene rings is 1. The molecule has 0 amide bonds. The summed E-state index contributed by atoms with van der Waals surface area (Å²) in [7, 11) is 1.80. The molecule has 0 spiro atoms. The molecule has 118 valence electrons. The summed E-state index contributed by atoms with van der Waals surface area (Å²) in [6, 6.07) is 5.06. The number of rotatable bonds is 6. The van der Waals surface area contributed by atoms with E-state index in [0.717, 1.165) is 11.3 Å². The Kier molecular flexibility index (Phi) is 4.65. The van der Waals surface area contributed by atoms with Gasteiger partial charge in [0.2, 0.25) is 0 Å². The first-order valence-corrected chi connectivity index (χ1v) is 6.98. The number of hydrogen-bond acceptors (Lipinski definition) is 6. The second-order valence-electron chi connectivity index (χ2n) is 4.97. The molecule has 1 heterocycles. The van der Waals surface area contributed by atoms with Crippen molar-refractivity contribution in [3.63, 3.8) is 0 Å². The van der Waals surface area contributed by atoms with Gasteiger partial charge in [-0.05, 0) is 32.9 Å². The molecule has 0 aliphatic carbocycles. The molecule has 0 saturated heterocycles. The Hall–Kier alpha value is -2.57. The van der Waals surface area contributed by atoms with E-state index in [-0.39, 0.29) is 11.4 Å². The second-order valence-corrected chi connectivity index (χ2v) is 4.97. The van der Waals surface area contributed by atoms with Crippen molar-refractivity contribution < 1.29 is 14.2 Å². The van der Waals surface area contributed by atoms with Crippen LogP contribution in [0.1, 0.15) is 23.9 Å². The summed E-state index contributed by atoms with van der Waals surface area (Å²) in [5, 5.41) is 15.3. The van der Waals surface area contributed by atoms with Crippen molar-refractivity contribution in [2.45, 2.75) is 27.3 Å². The SMILES string of the molecule is CCOc1cccc(N(C)Cc2c(C)noc2C)c1[N+](=O)[O-]. The molecule has 1 aromatic carbocycles. The molecule has 7 nitrogen and oxygen atoms in total. The van der Waals surface area contributed by atoms with E-state index >= 15 is 0 Å². The molecular weight excluding hydrogens is 286 g/mol. The summed E-state index contributed by atoms with van der Waals surface area (Å²) < 4.78 is 10.5. The summed E-state index contributed by atoms with van der Waals surface area (Å²) in [6.07, 6.45) is 0. The summed E-state index contributed by atoms with van der Waals surface area (Å²) in [6.45, 7) is 6.32. The van der Waals surface area contributed by atoms with Crippen LogP contribution in [0.3, 0.4) is 0 Å². The van der Waals surface area contributed by atoms with Gasteiger partial charge in [-0.3, -0.25) is 10.1 Å². The van der Waals surface area contributed by atoms with Crippen LogP contribution in [0, 0.1) is 24.0 Å². The van der Waals surface area contributed by atoms with Crippen LogP contribution >= 0.6 is 0 Å². The maximum atomic E-state index is 11.4. The average molecular weight is 305 g/mol. The number of anilines is 1. The number of nitro groups is 1. The standard InChI is InChI=1S/C15H19N3O4/c1-5-21-14-8-6-7-13(15(14)18(19)20)17(4)9-12-10(2)16-22-11(12)3/h6-8H,5,9H2,1-4H3. The van der Waals surface area contributed by atoms with E-state index in [9.17, 15) is 10.1 Å². The highest BCUT2D eigenvalue weighted by Crippen LogP contribution is 2.37. The Balaban J connectivity index is 2.39. The third-order valence-electron chi connectivity index (χ3n) is 3.45. The van der Waals surface area contributed by atoms with Gasteiger partial charge in [0.05, 0.1) is 17.2 Å². The number of ether oxygens (including phenoxy) is 1. The first-order valence-electron chi connectivity index (χ1n) is 6.98. The third-order valence-corrected chi connectivity index (χ3v) is 3.45. The van der Waals surface area contributed by atoms with Crippen LogP contribution in [0.5, 0.6) is 5.75 Å². The predicted molar refractivity (Wildman–Crippen MR) is 82.3 cm³/mol. The van der Waals surface area contributed by atoms with Crippen molar-refractivity contribution in [1.82, 2.24) is 5.16 Å². The highest BCUT2D eigenvalue weighted by Gasteiger charge is 2.24. The van der Waals surface area contributed by atoms with Gasteiger partial charge in [0.1, 0.15) is 11.4 Å². The second kappa shape index (κ2) is 6.46. The first kappa shape index (κ1) is 15.8. The van der Waals surface area contributed by atoms with Crippen molar-refractivity contribution in [2.24, 2.45) is 0 Å². The minimum absolute atomic E-state index is 0.0291. The zero-order valence-electron chi connectivity index (χ0n) is 13.1. The van der Waals surface area contributed by atoms with Gasteiger partial charge < -0.3 is 14.2 Å². The summed E-state index contributed by atoms with van der Waals surface area (Å²) in [4.78, 5) is 12.8. The summed E-state index contributed by atoms with van der Waals surface area (Å²) in [5.74, 6) is 0.989. The fraction of sp³-hybridized carbons (Fsp3) is 0.400. The van der Waals surface area contributed by atoms with Gasteiger partial charge in [0, 0.05) is 19.2 Å². The molecule has 2 aromatic rings. The molecule has 0 unspecified atom stereocenters. The Morgan fingerprint density at radius 3 is 2.68 bits per heavy atom. The maximum absolute atomic E-state index is 11.4. The molecule has 0 atom stereocenters. The van der Waals surface area contributed by atoms with Gasteiger partial charge in [0.15, 0.2) is 5.75 Å². The molecule has 0 radical (unpaired) electrons. The van der Waals surface area contributed by atoms with Crippen molar-refractivity contribution in [3.05, 3.63) is 45.3 Å². The zero-order valence-corrected chi connectivity index (χ0v) is 13.1. The quantitative estimate of drug-likeness (QED) is 0.602. The van der Waals surface area contributed by atoms with Crippen molar-refractivity contribution in [1.29, 1.82) is 0 Å². The van der Waals surface area contributed by atoms with Gasteiger partial charge in [-0.2, -0.15) is 0 Å². The molecule has 22 heavy (non-hydrogen) atoms. The van der Waals surface area contributed by atoms with E-state index < -0.39 is 4.92 Å². The molecule has 0 aliphatic rings. The van der Waals surface area contributed by atoms with Crippen LogP contribution < -0.4 is 9.64 Å². The molecule has 7 heteroatoms. The minimum atomic E-state index is -0.413. The third kappa shape index (κ3) is 3.03. The Labute approximate surface area is 128 Å². The number of nitrogens with zero attached hydrogens (tertiary/aromatic N) is 3. The molecule has 0 N–H and O–H groups in total. The van der Waals surface area contributed by atoms with E-state index in [0.29, 0.717) is 24.6 Å². The fourth-order valence-electron chi connectivity index (χ4n) is 2.32. The summed E-state index contributed by atoms with van der Waals surface area (Å²) in [5.41, 5.74) is 2.18. The van der Waals surface area contributed by atoms with Gasteiger partial charge in [0.25, 0.3) is 0 Å². The monoisotopic (exact) mass is 305 g/mol. The van der Waals surface area contributed by atoms with Crippen LogP contribution in [0.15, 0.2) is 22.7 Å². The zero-order chi connectivity index (χ0) is 16.3. The van der Waals surface area contributed by atoms with Gasteiger partial charge in [-0.1, -0.05) is 11.2 Å². The van der Waals surface area contributed by atoms with E-state index in [4.69, 9.17) is 9.26 Å². The van der Waals surface area contributed by atoms with Crippen LogP contribution in [-0.4, -0.2) is 23.7 Å². The predicted octanol–water partition coefficient (Wildman–Crippen LogP) is 3.23. The smallest absolute Gasteiger partial charge is 0.333 e. The molecule has 0 aliphatic heterocycles. The van der Waals surface area contributed by atoms with E-state index in [2.05, 4.69) is 5.16 Å². The first-order chi connectivity index (χ1) is 10.5. The fourth-order valence-corrected chi connectivity index (χ4v) is 2.32. The lowest BCUT2D eigenvalue weighted by atomic mass is 10.1. The number of para-hydroxylation sites is 1. The van der Waals surface area contributed by atoms with Crippen molar-refractivity contribution in [3.8, 4) is 5.75 Å². The highest BCUT2D eigenvalue weighted by atomic mass is 16.6. The topological polar surface area (TPSA) is 81.6 Å². The van der Waals surface area contributed by atoms with Gasteiger partial charge in [-0.15, -0.1) is 0 Å². The lowest BCUT2D eigenvalue weighted by Gasteiger charge is -2.20. The molecular formula is C15H19N3O4. The number of hydrogen-bond donors (Lipinski definition) is 0. The Morgan fingerprint density at radius 1 is 1.41 bits per heavy atom. The Morgan fingerprint density at radius 2 is 2.14 bits per heavy atom. The van der Waals surface area contributed by atoms with Crippen LogP contribution in [0.4, 0.5) is 11.4 Å². The molecule has 0 fully saturated rings. The van der Waals surface area contributed by atoms with Gasteiger partial charge >= 0.3 is 5.69 Å². The van der Waals surface area contributed by atoms with Gasteiger partial charge in [-0.25, -0.2) is 0 Å². The minimum Gasteiger partial charge on any atom is -0.487 e. The highest BCUT2D eigenvalue weighted by molar-refractivity contribution is 5.69. The van der Waals surface area contributed by atoms with Crippen LogP contribution in [-0.2, 0) is 6.54 Å². The molecule has 0 saturated carbocycles. The summed E-state index contributed by atoms with van der Waals surface area (Å²) >= 11 is 0. The number of nitro benzene ring substituents is 1. The van der Waals surface area contributed by atoms with Crippen LogP contribution in [0.25, 0.3) is 0 Å². The van der Waals surface area contributed by atoms with E-state index in [1.54, 1.807) is 37.1 Å². The Bertz CT molecular complexity index is 662.